The molecule has 4 saturated heterocycles. The lowest BCUT2D eigenvalue weighted by Crippen LogP contribution is -2.60. The predicted molar refractivity (Wildman–Crippen MR) is 150 cm³/mol. The number of aromatic nitrogens is 3. The highest BCUT2D eigenvalue weighted by Gasteiger charge is 2.50. The number of anilines is 1. The lowest BCUT2D eigenvalue weighted by atomic mass is 9.95. The van der Waals surface area contributed by atoms with Crippen LogP contribution in [0.25, 0.3) is 22.2 Å². The second-order valence-electron chi connectivity index (χ2n) is 12.4. The van der Waals surface area contributed by atoms with Crippen molar-refractivity contribution in [3.05, 3.63) is 28.5 Å². The van der Waals surface area contributed by atoms with E-state index in [0.717, 1.165) is 44.4 Å². The number of alkyl halides is 4. The zero-order chi connectivity index (χ0) is 30.5. The fraction of sp³-hybridized carbons (Fsp3) is 0.552. The third kappa shape index (κ3) is 4.35. The number of hydrogen-bond donors (Lipinski definition) is 2. The number of rotatable bonds is 4. The fourth-order valence-corrected chi connectivity index (χ4v) is 8.20. The predicted octanol–water partition coefficient (Wildman–Crippen LogP) is 4.87. The van der Waals surface area contributed by atoms with Crippen LogP contribution in [-0.2, 0) is 6.18 Å². The molecule has 0 unspecified atom stereocenters. The largest absolute Gasteiger partial charge is 0.508 e. The zero-order valence-electron chi connectivity index (χ0n) is 23.3. The van der Waals surface area contributed by atoms with Crippen LogP contribution in [0.1, 0.15) is 37.7 Å². The minimum absolute atomic E-state index is 0.0504. The monoisotopic (exact) mass is 638 g/mol. The van der Waals surface area contributed by atoms with Gasteiger partial charge in [-0.15, -0.1) is 0 Å². The number of pyridine rings is 1. The van der Waals surface area contributed by atoms with Crippen molar-refractivity contribution in [2.75, 3.05) is 37.7 Å². The van der Waals surface area contributed by atoms with Crippen LogP contribution >= 0.6 is 11.6 Å². The van der Waals surface area contributed by atoms with Crippen LogP contribution in [0, 0.1) is 5.82 Å². The summed E-state index contributed by atoms with van der Waals surface area (Å²) in [5, 5.41) is 13.0. The van der Waals surface area contributed by atoms with Crippen molar-refractivity contribution in [3.63, 3.8) is 0 Å². The maximum absolute atomic E-state index is 16.6. The van der Waals surface area contributed by atoms with Crippen molar-refractivity contribution in [1.29, 1.82) is 0 Å². The van der Waals surface area contributed by atoms with Crippen molar-refractivity contribution >= 4 is 28.3 Å². The van der Waals surface area contributed by atoms with E-state index in [4.69, 9.17) is 26.1 Å². The molecular weight excluding hydrogens is 611 g/mol. The highest BCUT2D eigenvalue weighted by atomic mass is 35.5. The van der Waals surface area contributed by atoms with Crippen LogP contribution in [0.15, 0.2) is 12.1 Å². The molecule has 0 radical (unpaired) electrons. The highest BCUT2D eigenvalue weighted by molar-refractivity contribution is 6.32. The van der Waals surface area contributed by atoms with Gasteiger partial charge in [0.25, 0.3) is 0 Å². The molecule has 0 amide bonds. The van der Waals surface area contributed by atoms with Crippen LogP contribution in [0.3, 0.4) is 0 Å². The average molecular weight is 639 g/mol. The first-order valence-corrected chi connectivity index (χ1v) is 15.1. The van der Waals surface area contributed by atoms with E-state index in [1.807, 2.05) is 4.90 Å². The molecule has 4 fully saturated rings. The Balaban J connectivity index is 1.31. The standard InChI is InChI=1S/C29H28ClF5N6O3/c30-17-7-15(42)6-16(21(17)29(33,34)35)23-22(32)24-20-25(41-10-14-2-3-18(36-14)19(41)11-43-26(20)37-23)39-27(38-24)44-12-28-4-1-5-40(28)9-13(31)8-28/h6-7,13-14,18-19,36,42H,1-5,8-12H2/t13-,14+,18-,19+,28+/m0/s1. The van der Waals surface area contributed by atoms with Crippen LogP contribution in [0.2, 0.25) is 5.02 Å². The zero-order valence-corrected chi connectivity index (χ0v) is 24.1. The third-order valence-corrected chi connectivity index (χ3v) is 10.1. The molecule has 234 valence electrons. The van der Waals surface area contributed by atoms with E-state index in [1.165, 1.54) is 0 Å². The number of ether oxygens (including phenoxy) is 2. The van der Waals surface area contributed by atoms with Crippen LogP contribution in [-0.4, -0.2) is 87.6 Å². The number of phenolic OH excluding ortho intramolecular Hbond substituents is 1. The fourth-order valence-electron chi connectivity index (χ4n) is 7.88. The summed E-state index contributed by atoms with van der Waals surface area (Å²) >= 11 is 5.93. The molecule has 0 saturated carbocycles. The first kappa shape index (κ1) is 28.3. The molecule has 5 aliphatic rings. The molecule has 3 aromatic rings. The van der Waals surface area contributed by atoms with E-state index >= 15 is 4.39 Å². The Morgan fingerprint density at radius 1 is 1.18 bits per heavy atom. The van der Waals surface area contributed by atoms with Crippen molar-refractivity contribution in [1.82, 2.24) is 25.2 Å². The summed E-state index contributed by atoms with van der Waals surface area (Å²) < 4.78 is 85.8. The summed E-state index contributed by atoms with van der Waals surface area (Å²) in [6, 6.07) is 1.33. The Morgan fingerprint density at radius 2 is 2.02 bits per heavy atom. The molecule has 5 atom stereocenters. The number of nitrogens with zero attached hydrogens (tertiary/aromatic N) is 5. The molecular formula is C29H28ClF5N6O3. The molecule has 0 aliphatic carbocycles. The van der Waals surface area contributed by atoms with Gasteiger partial charge in [0.2, 0.25) is 5.88 Å². The molecule has 0 spiro atoms. The van der Waals surface area contributed by atoms with Crippen molar-refractivity contribution in [2.45, 2.75) is 68.1 Å². The molecule has 7 heterocycles. The summed E-state index contributed by atoms with van der Waals surface area (Å²) in [7, 11) is 0. The van der Waals surface area contributed by atoms with Crippen molar-refractivity contribution < 1.29 is 36.5 Å². The smallest absolute Gasteiger partial charge is 0.418 e. The molecule has 15 heteroatoms. The highest BCUT2D eigenvalue weighted by Crippen LogP contribution is 2.48. The van der Waals surface area contributed by atoms with Crippen molar-refractivity contribution in [3.8, 4) is 28.9 Å². The van der Waals surface area contributed by atoms with Gasteiger partial charge in [0, 0.05) is 37.2 Å². The quantitative estimate of drug-likeness (QED) is 0.388. The number of benzene rings is 1. The van der Waals surface area contributed by atoms with Gasteiger partial charge in [-0.05, 0) is 44.4 Å². The molecule has 1 aromatic carbocycles. The van der Waals surface area contributed by atoms with E-state index in [2.05, 4.69) is 20.2 Å². The summed E-state index contributed by atoms with van der Waals surface area (Å²) in [5.74, 6) is -1.58. The van der Waals surface area contributed by atoms with Gasteiger partial charge in [-0.3, -0.25) is 4.90 Å². The van der Waals surface area contributed by atoms with E-state index < -0.39 is 51.3 Å². The van der Waals surface area contributed by atoms with Crippen molar-refractivity contribution in [2.24, 2.45) is 0 Å². The molecule has 2 bridgehead atoms. The van der Waals surface area contributed by atoms with Gasteiger partial charge < -0.3 is 24.8 Å². The molecule has 44 heavy (non-hydrogen) atoms. The van der Waals surface area contributed by atoms with Gasteiger partial charge >= 0.3 is 12.2 Å². The Labute approximate surface area is 253 Å². The minimum atomic E-state index is -4.99. The minimum Gasteiger partial charge on any atom is -0.508 e. The van der Waals surface area contributed by atoms with Gasteiger partial charge in [0.05, 0.1) is 22.2 Å². The maximum Gasteiger partial charge on any atom is 0.418 e. The first-order chi connectivity index (χ1) is 21.0. The Hall–Kier alpha value is -3.23. The normalized spacial score (nSPS) is 29.5. The molecule has 8 rings (SSSR count). The summed E-state index contributed by atoms with van der Waals surface area (Å²) in [5.41, 5.74) is -3.70. The van der Waals surface area contributed by atoms with Gasteiger partial charge in [-0.2, -0.15) is 23.1 Å². The number of nitrogens with one attached hydrogen (secondary N) is 1. The maximum atomic E-state index is 16.6. The summed E-state index contributed by atoms with van der Waals surface area (Å²) in [6.07, 6.45) is -2.22. The molecule has 2 N–H and O–H groups in total. The van der Waals surface area contributed by atoms with E-state index in [9.17, 15) is 22.7 Å². The van der Waals surface area contributed by atoms with Gasteiger partial charge in [0.15, 0.2) is 5.82 Å². The number of piperazine rings is 1. The first-order valence-electron chi connectivity index (χ1n) is 14.7. The molecule has 9 nitrogen and oxygen atoms in total. The number of halogens is 6. The lowest BCUT2D eigenvalue weighted by molar-refractivity contribution is -0.137. The average Bonchev–Trinajstić information content (AvgIpc) is 3.59. The van der Waals surface area contributed by atoms with Crippen LogP contribution < -0.4 is 19.7 Å². The van der Waals surface area contributed by atoms with E-state index in [1.54, 1.807) is 0 Å². The lowest BCUT2D eigenvalue weighted by Gasteiger charge is -2.40. The van der Waals surface area contributed by atoms with Crippen LogP contribution in [0.4, 0.5) is 27.8 Å². The number of fused-ring (bicyclic) bond motifs is 6. The Bertz CT molecular complexity index is 1680. The van der Waals surface area contributed by atoms with Gasteiger partial charge in [-0.25, -0.2) is 13.8 Å². The summed E-state index contributed by atoms with van der Waals surface area (Å²) in [6.45, 7) is 1.80. The number of phenols is 1. The second kappa shape index (κ2) is 9.88. The number of hydrogen-bond acceptors (Lipinski definition) is 9. The third-order valence-electron chi connectivity index (χ3n) is 9.78. The Morgan fingerprint density at radius 3 is 2.84 bits per heavy atom. The van der Waals surface area contributed by atoms with Crippen LogP contribution in [0.5, 0.6) is 17.6 Å². The molecule has 2 aromatic heterocycles. The second-order valence-corrected chi connectivity index (χ2v) is 12.8. The number of aromatic hydroxyl groups is 1. The van der Waals surface area contributed by atoms with E-state index in [-0.39, 0.29) is 54.1 Å². The van der Waals surface area contributed by atoms with E-state index in [0.29, 0.717) is 25.3 Å². The summed E-state index contributed by atoms with van der Waals surface area (Å²) in [4.78, 5) is 17.4. The topological polar surface area (TPSA) is 95.9 Å². The Kier molecular flexibility index (Phi) is 6.35. The molecule has 5 aliphatic heterocycles. The SMILES string of the molecule is Oc1cc(Cl)c(C(F)(F)F)c(-c2nc3c4c(nc(OC[C@]56CCCN5C[C@@H](F)C6)nc4c2F)N2C[C@H]4CC[C@H](N4)[C@H]2CO3)c1. The van der Waals surface area contributed by atoms with Gasteiger partial charge in [0.1, 0.15) is 47.5 Å². The van der Waals surface area contributed by atoms with Gasteiger partial charge in [-0.1, -0.05) is 11.6 Å².